The second-order valence-corrected chi connectivity index (χ2v) is 4.81. The Morgan fingerprint density at radius 3 is 2.80 bits per heavy atom. The van der Waals surface area contributed by atoms with Crippen molar-refractivity contribution >= 4 is 17.6 Å². The molecule has 0 atom stereocenters. The van der Waals surface area contributed by atoms with Gasteiger partial charge in [-0.15, -0.1) is 0 Å². The lowest BCUT2D eigenvalue weighted by molar-refractivity contribution is -0.122. The number of carbonyl (C=O) groups excluding carboxylic acids is 2. The molecule has 110 valence electrons. The number of likely N-dealkylation sites (N-methyl/N-ethyl adjacent to an activating group) is 1. The van der Waals surface area contributed by atoms with Crippen LogP contribution in [0.2, 0.25) is 0 Å². The summed E-state index contributed by atoms with van der Waals surface area (Å²) < 4.78 is 0. The van der Waals surface area contributed by atoms with Crippen LogP contribution >= 0.6 is 0 Å². The van der Waals surface area contributed by atoms with Gasteiger partial charge in [-0.05, 0) is 12.8 Å². The maximum absolute atomic E-state index is 11.7. The number of nitrogens with zero attached hydrogens (tertiary/aromatic N) is 2. The zero-order valence-electron chi connectivity index (χ0n) is 11.5. The summed E-state index contributed by atoms with van der Waals surface area (Å²) in [6, 6.07) is -0.0843. The van der Waals surface area contributed by atoms with Gasteiger partial charge in [0, 0.05) is 32.4 Å². The van der Waals surface area contributed by atoms with Crippen LogP contribution < -0.4 is 16.0 Å². The van der Waals surface area contributed by atoms with Gasteiger partial charge < -0.3 is 16.0 Å². The van der Waals surface area contributed by atoms with Gasteiger partial charge in [0.2, 0.25) is 5.91 Å². The maximum atomic E-state index is 11.7. The second-order valence-electron chi connectivity index (χ2n) is 4.81. The van der Waals surface area contributed by atoms with Crippen LogP contribution in [-0.4, -0.2) is 59.8 Å². The summed E-state index contributed by atoms with van der Waals surface area (Å²) in [5, 5.41) is 14.6. The van der Waals surface area contributed by atoms with E-state index >= 15 is 0 Å². The number of urea groups is 1. The van der Waals surface area contributed by atoms with Crippen molar-refractivity contribution in [1.82, 2.24) is 25.7 Å². The van der Waals surface area contributed by atoms with Gasteiger partial charge in [0.1, 0.15) is 0 Å². The molecule has 1 aromatic heterocycles. The average molecular weight is 280 g/mol. The zero-order valence-corrected chi connectivity index (χ0v) is 11.5. The summed E-state index contributed by atoms with van der Waals surface area (Å²) in [5.41, 5.74) is 0.638. The van der Waals surface area contributed by atoms with Gasteiger partial charge in [0.05, 0.1) is 18.4 Å². The van der Waals surface area contributed by atoms with Gasteiger partial charge in [-0.2, -0.15) is 5.10 Å². The van der Waals surface area contributed by atoms with E-state index in [1.54, 1.807) is 19.4 Å². The molecule has 1 aliphatic rings. The van der Waals surface area contributed by atoms with Crippen molar-refractivity contribution in [2.75, 3.05) is 32.0 Å². The Hall–Kier alpha value is -2.09. The molecule has 0 unspecified atom stereocenters. The van der Waals surface area contributed by atoms with Crippen molar-refractivity contribution in [3.8, 4) is 0 Å². The molecule has 1 fully saturated rings. The van der Waals surface area contributed by atoms with Crippen LogP contribution in [-0.2, 0) is 4.79 Å². The van der Waals surface area contributed by atoms with E-state index in [1.165, 1.54) is 0 Å². The molecule has 1 saturated heterocycles. The number of aromatic nitrogens is 2. The Morgan fingerprint density at radius 1 is 1.45 bits per heavy atom. The Morgan fingerprint density at radius 2 is 2.20 bits per heavy atom. The van der Waals surface area contributed by atoms with Crippen LogP contribution in [0.5, 0.6) is 0 Å². The number of hydrogen-bond acceptors (Lipinski definition) is 4. The van der Waals surface area contributed by atoms with Crippen molar-refractivity contribution in [1.29, 1.82) is 0 Å². The van der Waals surface area contributed by atoms with Gasteiger partial charge in [-0.3, -0.25) is 14.8 Å². The monoisotopic (exact) mass is 280 g/mol. The summed E-state index contributed by atoms with van der Waals surface area (Å²) in [7, 11) is 1.64. The summed E-state index contributed by atoms with van der Waals surface area (Å²) in [6.45, 7) is 2.04. The van der Waals surface area contributed by atoms with Crippen LogP contribution in [0, 0.1) is 0 Å². The first-order chi connectivity index (χ1) is 9.67. The average Bonchev–Trinajstić information content (AvgIpc) is 2.93. The molecular formula is C12H20N6O2. The molecule has 0 aromatic carbocycles. The first kappa shape index (κ1) is 14.3. The number of amides is 3. The van der Waals surface area contributed by atoms with Gasteiger partial charge in [-0.25, -0.2) is 4.79 Å². The van der Waals surface area contributed by atoms with E-state index < -0.39 is 0 Å². The van der Waals surface area contributed by atoms with E-state index in [4.69, 9.17) is 0 Å². The van der Waals surface area contributed by atoms with E-state index in [0.717, 1.165) is 25.9 Å². The highest BCUT2D eigenvalue weighted by atomic mass is 16.2. The third-order valence-electron chi connectivity index (χ3n) is 3.32. The van der Waals surface area contributed by atoms with Crippen LogP contribution in [0.15, 0.2) is 12.4 Å². The Balaban J connectivity index is 1.69. The van der Waals surface area contributed by atoms with Crippen molar-refractivity contribution in [2.24, 2.45) is 0 Å². The fourth-order valence-corrected chi connectivity index (χ4v) is 2.19. The number of anilines is 1. The molecule has 0 saturated carbocycles. The zero-order chi connectivity index (χ0) is 14.4. The number of aromatic amines is 1. The largest absolute Gasteiger partial charge is 0.358 e. The molecule has 0 aliphatic carbocycles. The van der Waals surface area contributed by atoms with Gasteiger partial charge >= 0.3 is 6.03 Å². The van der Waals surface area contributed by atoms with Crippen molar-refractivity contribution in [2.45, 2.75) is 18.9 Å². The minimum absolute atomic E-state index is 0.0223. The topological polar surface area (TPSA) is 102 Å². The lowest BCUT2D eigenvalue weighted by atomic mass is 10.1. The van der Waals surface area contributed by atoms with Crippen LogP contribution in [0.4, 0.5) is 10.5 Å². The van der Waals surface area contributed by atoms with Crippen molar-refractivity contribution in [3.05, 3.63) is 12.4 Å². The predicted octanol–water partition coefficient (Wildman–Crippen LogP) is -0.258. The molecule has 3 amide bonds. The Bertz CT molecular complexity index is 439. The van der Waals surface area contributed by atoms with E-state index in [1.807, 2.05) is 0 Å². The van der Waals surface area contributed by atoms with E-state index in [9.17, 15) is 9.59 Å². The Kier molecular flexibility index (Phi) is 4.94. The smallest absolute Gasteiger partial charge is 0.319 e. The highest BCUT2D eigenvalue weighted by Crippen LogP contribution is 2.10. The number of rotatable bonds is 4. The van der Waals surface area contributed by atoms with Gasteiger partial charge in [0.15, 0.2) is 0 Å². The van der Waals surface area contributed by atoms with Crippen LogP contribution in [0.1, 0.15) is 12.8 Å². The maximum Gasteiger partial charge on any atom is 0.319 e. The summed E-state index contributed by atoms with van der Waals surface area (Å²) >= 11 is 0. The number of piperidine rings is 1. The predicted molar refractivity (Wildman–Crippen MR) is 74.3 cm³/mol. The minimum Gasteiger partial charge on any atom is -0.358 e. The molecule has 0 bridgehead atoms. The molecule has 1 aromatic rings. The summed E-state index contributed by atoms with van der Waals surface area (Å²) in [5.74, 6) is 0.0223. The molecule has 2 rings (SSSR count). The van der Waals surface area contributed by atoms with Crippen molar-refractivity contribution in [3.63, 3.8) is 0 Å². The highest BCUT2D eigenvalue weighted by molar-refractivity contribution is 5.89. The molecule has 4 N–H and O–H groups in total. The lowest BCUT2D eigenvalue weighted by Gasteiger charge is -2.31. The minimum atomic E-state index is -0.226. The second kappa shape index (κ2) is 6.90. The molecule has 2 heterocycles. The number of H-pyrrole nitrogens is 1. The molecule has 8 nitrogen and oxygen atoms in total. The first-order valence-electron chi connectivity index (χ1n) is 6.66. The summed E-state index contributed by atoms with van der Waals surface area (Å²) in [6.07, 6.45) is 4.85. The fourth-order valence-electron chi connectivity index (χ4n) is 2.19. The van der Waals surface area contributed by atoms with Crippen LogP contribution in [0.3, 0.4) is 0 Å². The lowest BCUT2D eigenvalue weighted by Crippen LogP contribution is -2.47. The highest BCUT2D eigenvalue weighted by Gasteiger charge is 2.21. The number of hydrogen-bond donors (Lipinski definition) is 4. The number of likely N-dealkylation sites (tertiary alicyclic amines) is 1. The molecule has 0 radical (unpaired) electrons. The van der Waals surface area contributed by atoms with E-state index in [0.29, 0.717) is 12.2 Å². The standard InChI is InChI=1S/C12H20N6O2/c1-13-11(19)8-18-4-2-9(3-5-18)16-12(20)17-10-6-14-15-7-10/h6-7,9H,2-5,8H2,1H3,(H,13,19)(H,14,15)(H2,16,17,20). The summed E-state index contributed by atoms with van der Waals surface area (Å²) in [4.78, 5) is 25.1. The third kappa shape index (κ3) is 4.23. The Labute approximate surface area is 117 Å². The quantitative estimate of drug-likeness (QED) is 0.610. The van der Waals surface area contributed by atoms with Crippen LogP contribution in [0.25, 0.3) is 0 Å². The van der Waals surface area contributed by atoms with E-state index in [2.05, 4.69) is 31.0 Å². The van der Waals surface area contributed by atoms with Gasteiger partial charge in [0.25, 0.3) is 0 Å². The third-order valence-corrected chi connectivity index (χ3v) is 3.32. The van der Waals surface area contributed by atoms with E-state index in [-0.39, 0.29) is 18.0 Å². The normalized spacial score (nSPS) is 16.6. The first-order valence-corrected chi connectivity index (χ1v) is 6.66. The SMILES string of the molecule is CNC(=O)CN1CCC(NC(=O)Nc2cn[nH]c2)CC1. The van der Waals surface area contributed by atoms with Gasteiger partial charge in [-0.1, -0.05) is 0 Å². The molecule has 1 aliphatic heterocycles. The molecule has 20 heavy (non-hydrogen) atoms. The van der Waals surface area contributed by atoms with Crippen molar-refractivity contribution < 1.29 is 9.59 Å². The molecular weight excluding hydrogens is 260 g/mol. The number of carbonyl (C=O) groups is 2. The molecule has 8 heteroatoms. The molecule has 0 spiro atoms. The number of nitrogens with one attached hydrogen (secondary N) is 4. The fraction of sp³-hybridized carbons (Fsp3) is 0.583.